The topological polar surface area (TPSA) is 29.5 Å². The normalized spacial score (nSPS) is 10.8. The molecule has 0 atom stereocenters. The number of hydrogen-bond acceptors (Lipinski definition) is 2. The smallest absolute Gasteiger partial charge is 0.227 e. The lowest BCUT2D eigenvalue weighted by Gasteiger charge is -2.24. The number of halogens is 1. The summed E-state index contributed by atoms with van der Waals surface area (Å²) >= 11 is 0. The van der Waals surface area contributed by atoms with Crippen LogP contribution in [0.1, 0.15) is 19.4 Å². The molecule has 0 unspecified atom stereocenters. The molecule has 4 heteroatoms. The van der Waals surface area contributed by atoms with Crippen molar-refractivity contribution in [1.82, 2.24) is 4.90 Å². The van der Waals surface area contributed by atoms with Gasteiger partial charge in [-0.3, -0.25) is 4.79 Å². The molecule has 0 saturated carbocycles. The summed E-state index contributed by atoms with van der Waals surface area (Å²) < 4.78 is 17.8. The lowest BCUT2D eigenvalue weighted by Crippen LogP contribution is -2.37. The van der Waals surface area contributed by atoms with Crippen LogP contribution in [-0.4, -0.2) is 37.6 Å². The summed E-state index contributed by atoms with van der Waals surface area (Å²) in [5.74, 6) is 0.181. The maximum absolute atomic E-state index is 12.8. The van der Waals surface area contributed by atoms with E-state index in [0.29, 0.717) is 32.0 Å². The van der Waals surface area contributed by atoms with Crippen LogP contribution in [0.25, 0.3) is 0 Å². The second-order valence-corrected chi connectivity index (χ2v) is 5.03. The van der Waals surface area contributed by atoms with Gasteiger partial charge in [-0.2, -0.15) is 0 Å². The van der Waals surface area contributed by atoms with E-state index in [4.69, 9.17) is 4.74 Å². The van der Waals surface area contributed by atoms with Crippen molar-refractivity contribution in [3.05, 3.63) is 35.6 Å². The van der Waals surface area contributed by atoms with E-state index < -0.39 is 0 Å². The first kappa shape index (κ1) is 15.6. The van der Waals surface area contributed by atoms with Gasteiger partial charge in [0.1, 0.15) is 5.82 Å². The van der Waals surface area contributed by atoms with Gasteiger partial charge in [0, 0.05) is 20.2 Å². The number of carbonyl (C=O) groups is 1. The van der Waals surface area contributed by atoms with Gasteiger partial charge < -0.3 is 9.64 Å². The molecular formula is C15H22FNO2. The Morgan fingerprint density at radius 2 is 1.95 bits per heavy atom. The number of hydrogen-bond donors (Lipinski definition) is 0. The molecule has 3 nitrogen and oxygen atoms in total. The zero-order valence-electron chi connectivity index (χ0n) is 11.9. The minimum atomic E-state index is -0.283. The fraction of sp³-hybridized carbons (Fsp3) is 0.533. The molecule has 0 bridgehead atoms. The van der Waals surface area contributed by atoms with Crippen LogP contribution in [-0.2, 0) is 16.0 Å². The quantitative estimate of drug-likeness (QED) is 0.759. The van der Waals surface area contributed by atoms with Crippen LogP contribution in [0, 0.1) is 11.7 Å². The van der Waals surface area contributed by atoms with Crippen molar-refractivity contribution in [1.29, 1.82) is 0 Å². The molecule has 0 N–H and O–H groups in total. The number of ether oxygens (including phenoxy) is 1. The number of nitrogens with zero attached hydrogens (tertiary/aromatic N) is 1. The first-order valence-corrected chi connectivity index (χ1v) is 6.54. The second kappa shape index (κ2) is 7.89. The number of carbonyl (C=O) groups excluding carboxylic acids is 1. The summed E-state index contributed by atoms with van der Waals surface area (Å²) in [6, 6.07) is 6.06. The van der Waals surface area contributed by atoms with Crippen molar-refractivity contribution in [3.63, 3.8) is 0 Å². The van der Waals surface area contributed by atoms with Crippen molar-refractivity contribution >= 4 is 5.91 Å². The fourth-order valence-corrected chi connectivity index (χ4v) is 1.85. The molecule has 0 radical (unpaired) electrons. The number of methoxy groups -OCH3 is 1. The van der Waals surface area contributed by atoms with Gasteiger partial charge in [-0.05, 0) is 23.6 Å². The van der Waals surface area contributed by atoms with E-state index >= 15 is 0 Å². The van der Waals surface area contributed by atoms with Gasteiger partial charge in [0.2, 0.25) is 5.91 Å². The maximum atomic E-state index is 12.8. The van der Waals surface area contributed by atoms with Crippen molar-refractivity contribution in [2.75, 3.05) is 26.8 Å². The number of benzene rings is 1. The molecule has 106 valence electrons. The zero-order valence-corrected chi connectivity index (χ0v) is 11.9. The Kier molecular flexibility index (Phi) is 6.50. The second-order valence-electron chi connectivity index (χ2n) is 5.03. The Morgan fingerprint density at radius 1 is 1.32 bits per heavy atom. The van der Waals surface area contributed by atoms with Crippen molar-refractivity contribution < 1.29 is 13.9 Å². The summed E-state index contributed by atoms with van der Waals surface area (Å²) in [4.78, 5) is 14.0. The largest absolute Gasteiger partial charge is 0.383 e. The van der Waals surface area contributed by atoms with E-state index in [-0.39, 0.29) is 11.7 Å². The monoisotopic (exact) mass is 267 g/mol. The Morgan fingerprint density at radius 3 is 2.47 bits per heavy atom. The summed E-state index contributed by atoms with van der Waals surface area (Å²) in [5, 5.41) is 0. The van der Waals surface area contributed by atoms with E-state index in [1.807, 2.05) is 0 Å². The summed E-state index contributed by atoms with van der Waals surface area (Å²) in [5.41, 5.74) is 0.831. The average molecular weight is 267 g/mol. The molecule has 0 heterocycles. The molecule has 0 aliphatic heterocycles. The van der Waals surface area contributed by atoms with Crippen molar-refractivity contribution in [2.24, 2.45) is 5.92 Å². The minimum absolute atomic E-state index is 0.0531. The fourth-order valence-electron chi connectivity index (χ4n) is 1.85. The molecule has 0 fully saturated rings. The number of amides is 1. The van der Waals surface area contributed by atoms with Gasteiger partial charge in [0.15, 0.2) is 0 Å². The molecule has 0 aromatic heterocycles. The lowest BCUT2D eigenvalue weighted by atomic mass is 10.1. The molecule has 0 spiro atoms. The SMILES string of the molecule is COCCN(CC(C)C)C(=O)Cc1ccc(F)cc1. The lowest BCUT2D eigenvalue weighted by molar-refractivity contribution is -0.131. The third-order valence-corrected chi connectivity index (χ3v) is 2.77. The summed E-state index contributed by atoms with van der Waals surface area (Å²) in [6.45, 7) is 5.98. The van der Waals surface area contributed by atoms with Gasteiger partial charge in [-0.25, -0.2) is 4.39 Å². The van der Waals surface area contributed by atoms with Gasteiger partial charge in [0.05, 0.1) is 13.0 Å². The Labute approximate surface area is 114 Å². The predicted octanol–water partition coefficient (Wildman–Crippen LogP) is 2.50. The Hall–Kier alpha value is -1.42. The number of rotatable bonds is 7. The molecule has 0 saturated heterocycles. The molecule has 1 amide bonds. The molecule has 1 rings (SSSR count). The Balaban J connectivity index is 2.62. The van der Waals surface area contributed by atoms with E-state index in [2.05, 4.69) is 13.8 Å². The van der Waals surface area contributed by atoms with Crippen LogP contribution in [0.5, 0.6) is 0 Å². The molecular weight excluding hydrogens is 245 g/mol. The predicted molar refractivity (Wildman–Crippen MR) is 73.4 cm³/mol. The maximum Gasteiger partial charge on any atom is 0.227 e. The van der Waals surface area contributed by atoms with Crippen LogP contribution in [0.4, 0.5) is 4.39 Å². The highest BCUT2D eigenvalue weighted by Crippen LogP contribution is 2.07. The molecule has 0 aliphatic rings. The van der Waals surface area contributed by atoms with Crippen LogP contribution in [0.15, 0.2) is 24.3 Å². The molecule has 1 aromatic carbocycles. The third kappa shape index (κ3) is 5.83. The average Bonchev–Trinajstić information content (AvgIpc) is 2.36. The van der Waals surface area contributed by atoms with E-state index in [1.165, 1.54) is 12.1 Å². The third-order valence-electron chi connectivity index (χ3n) is 2.77. The van der Waals surface area contributed by atoms with Gasteiger partial charge in [0.25, 0.3) is 0 Å². The van der Waals surface area contributed by atoms with E-state index in [9.17, 15) is 9.18 Å². The zero-order chi connectivity index (χ0) is 14.3. The Bertz CT molecular complexity index is 390. The van der Waals surface area contributed by atoms with Crippen LogP contribution >= 0.6 is 0 Å². The van der Waals surface area contributed by atoms with Crippen LogP contribution in [0.3, 0.4) is 0 Å². The van der Waals surface area contributed by atoms with Gasteiger partial charge in [-0.1, -0.05) is 26.0 Å². The highest BCUT2D eigenvalue weighted by molar-refractivity contribution is 5.78. The van der Waals surface area contributed by atoms with Crippen LogP contribution in [0.2, 0.25) is 0 Å². The van der Waals surface area contributed by atoms with E-state index in [1.54, 1.807) is 24.1 Å². The van der Waals surface area contributed by atoms with Crippen LogP contribution < -0.4 is 0 Å². The standard InChI is InChI=1S/C15H22FNO2/c1-12(2)11-17(8-9-19-3)15(18)10-13-4-6-14(16)7-5-13/h4-7,12H,8-11H2,1-3H3. The molecule has 0 aliphatic carbocycles. The van der Waals surface area contributed by atoms with E-state index in [0.717, 1.165) is 5.56 Å². The highest BCUT2D eigenvalue weighted by Gasteiger charge is 2.15. The van der Waals surface area contributed by atoms with Crippen molar-refractivity contribution in [2.45, 2.75) is 20.3 Å². The molecule has 19 heavy (non-hydrogen) atoms. The minimum Gasteiger partial charge on any atom is -0.383 e. The first-order chi connectivity index (χ1) is 9.02. The first-order valence-electron chi connectivity index (χ1n) is 6.54. The summed E-state index contributed by atoms with van der Waals surface area (Å²) in [7, 11) is 1.62. The van der Waals surface area contributed by atoms with Gasteiger partial charge >= 0.3 is 0 Å². The molecule has 1 aromatic rings. The highest BCUT2D eigenvalue weighted by atomic mass is 19.1. The van der Waals surface area contributed by atoms with Crippen molar-refractivity contribution in [3.8, 4) is 0 Å². The van der Waals surface area contributed by atoms with Gasteiger partial charge in [-0.15, -0.1) is 0 Å². The summed E-state index contributed by atoms with van der Waals surface area (Å²) in [6.07, 6.45) is 0.302.